The first-order valence-corrected chi connectivity index (χ1v) is 9.02. The van der Waals surface area contributed by atoms with E-state index in [4.69, 9.17) is 5.73 Å². The third-order valence-electron chi connectivity index (χ3n) is 5.54. The van der Waals surface area contributed by atoms with Crippen molar-refractivity contribution in [3.05, 3.63) is 47.5 Å². The Hall–Kier alpha value is -2.29. The van der Waals surface area contributed by atoms with E-state index in [1.165, 1.54) is 36.8 Å². The third kappa shape index (κ3) is 2.39. The van der Waals surface area contributed by atoms with E-state index < -0.39 is 0 Å². The molecule has 0 atom stereocenters. The molecular weight excluding hydrogens is 296 g/mol. The van der Waals surface area contributed by atoms with Gasteiger partial charge in [0.25, 0.3) is 0 Å². The van der Waals surface area contributed by atoms with Gasteiger partial charge in [-0.25, -0.2) is 0 Å². The molecule has 3 aromatic rings. The summed E-state index contributed by atoms with van der Waals surface area (Å²) in [6.07, 6.45) is 6.32. The summed E-state index contributed by atoms with van der Waals surface area (Å²) in [5, 5.41) is 2.16. The van der Waals surface area contributed by atoms with Crippen LogP contribution in [0.15, 0.2) is 36.4 Å². The van der Waals surface area contributed by atoms with Crippen LogP contribution in [0.2, 0.25) is 0 Å². The number of nitrogens with zero attached hydrogens (tertiary/aromatic N) is 1. The second-order valence-corrected chi connectivity index (χ2v) is 7.03. The number of rotatable bonds is 4. The molecule has 1 aromatic heterocycles. The molecule has 1 heterocycles. The van der Waals surface area contributed by atoms with Crippen molar-refractivity contribution in [2.75, 3.05) is 0 Å². The number of fused-ring (bicyclic) bond motifs is 3. The molecule has 0 aliphatic heterocycles. The first-order valence-electron chi connectivity index (χ1n) is 9.02. The first kappa shape index (κ1) is 15.3. The zero-order chi connectivity index (χ0) is 16.7. The van der Waals surface area contributed by atoms with Gasteiger partial charge in [0.15, 0.2) is 0 Å². The molecular formula is C21H24N2O. The number of hydrogen-bond donors (Lipinski definition) is 1. The highest BCUT2D eigenvalue weighted by atomic mass is 16.1. The highest BCUT2D eigenvalue weighted by Gasteiger charge is 2.21. The maximum atomic E-state index is 11.9. The summed E-state index contributed by atoms with van der Waals surface area (Å²) in [5.41, 5.74) is 10.00. The molecule has 1 aliphatic carbocycles. The van der Waals surface area contributed by atoms with E-state index in [9.17, 15) is 4.79 Å². The Labute approximate surface area is 142 Å². The Morgan fingerprint density at radius 1 is 1.17 bits per heavy atom. The van der Waals surface area contributed by atoms with Gasteiger partial charge in [0.1, 0.15) is 0 Å². The molecule has 24 heavy (non-hydrogen) atoms. The zero-order valence-corrected chi connectivity index (χ0v) is 14.2. The van der Waals surface area contributed by atoms with Crippen LogP contribution < -0.4 is 5.73 Å². The summed E-state index contributed by atoms with van der Waals surface area (Å²) in [6, 6.07) is 12.5. The predicted molar refractivity (Wildman–Crippen MR) is 99.3 cm³/mol. The Morgan fingerprint density at radius 2 is 1.96 bits per heavy atom. The van der Waals surface area contributed by atoms with Crippen LogP contribution in [0.5, 0.6) is 0 Å². The number of benzene rings is 2. The van der Waals surface area contributed by atoms with E-state index in [-0.39, 0.29) is 5.91 Å². The second kappa shape index (κ2) is 5.97. The number of carbonyl (C=O) groups excluding carboxylic acids is 1. The number of hydrogen-bond acceptors (Lipinski definition) is 1. The lowest BCUT2D eigenvalue weighted by molar-refractivity contribution is 0.100. The number of aromatic nitrogens is 1. The maximum Gasteiger partial charge on any atom is 0.249 e. The molecule has 124 valence electrons. The van der Waals surface area contributed by atoms with Crippen molar-refractivity contribution in [2.24, 2.45) is 11.7 Å². The monoisotopic (exact) mass is 320 g/mol. The second-order valence-electron chi connectivity index (χ2n) is 7.03. The zero-order valence-electron chi connectivity index (χ0n) is 14.2. The lowest BCUT2D eigenvalue weighted by atomic mass is 10.0. The lowest BCUT2D eigenvalue weighted by Gasteiger charge is -2.13. The smallest absolute Gasteiger partial charge is 0.249 e. The van der Waals surface area contributed by atoms with Gasteiger partial charge in [0.05, 0.1) is 0 Å². The van der Waals surface area contributed by atoms with Crippen LogP contribution in [0.3, 0.4) is 0 Å². The van der Waals surface area contributed by atoms with E-state index in [1.54, 1.807) is 0 Å². The van der Waals surface area contributed by atoms with Gasteiger partial charge in [0.2, 0.25) is 5.91 Å². The van der Waals surface area contributed by atoms with E-state index in [0.29, 0.717) is 5.56 Å². The van der Waals surface area contributed by atoms with Crippen molar-refractivity contribution >= 4 is 27.7 Å². The SMILES string of the molecule is CCc1ccc2c3c(C(N)=O)cccc3n(CC3CCCC3)c2c1. The van der Waals surface area contributed by atoms with Crippen LogP contribution in [0.1, 0.15) is 48.5 Å². The quantitative estimate of drug-likeness (QED) is 0.747. The molecule has 4 rings (SSSR count). The van der Waals surface area contributed by atoms with Gasteiger partial charge in [0, 0.05) is 33.9 Å². The maximum absolute atomic E-state index is 11.9. The molecule has 1 saturated carbocycles. The molecule has 0 radical (unpaired) electrons. The van der Waals surface area contributed by atoms with Crippen molar-refractivity contribution in [1.29, 1.82) is 0 Å². The van der Waals surface area contributed by atoms with Crippen molar-refractivity contribution in [3.63, 3.8) is 0 Å². The minimum Gasteiger partial charge on any atom is -0.366 e. The van der Waals surface area contributed by atoms with Crippen LogP contribution >= 0.6 is 0 Å². The Morgan fingerprint density at radius 3 is 2.67 bits per heavy atom. The summed E-state index contributed by atoms with van der Waals surface area (Å²) in [5.74, 6) is 0.395. The fourth-order valence-corrected chi connectivity index (χ4v) is 4.26. The molecule has 0 saturated heterocycles. The van der Waals surface area contributed by atoms with Gasteiger partial charge >= 0.3 is 0 Å². The number of primary amides is 1. The van der Waals surface area contributed by atoms with Gasteiger partial charge in [-0.3, -0.25) is 4.79 Å². The summed E-state index contributed by atoms with van der Waals surface area (Å²) >= 11 is 0. The molecule has 0 bridgehead atoms. The Kier molecular flexibility index (Phi) is 3.79. The Bertz CT molecular complexity index is 916. The Balaban J connectivity index is 2.01. The van der Waals surface area contributed by atoms with Gasteiger partial charge < -0.3 is 10.3 Å². The lowest BCUT2D eigenvalue weighted by Crippen LogP contribution is -2.11. The summed E-state index contributed by atoms with van der Waals surface area (Å²) in [6.45, 7) is 3.22. The van der Waals surface area contributed by atoms with Crippen LogP contribution in [0.4, 0.5) is 0 Å². The van der Waals surface area contributed by atoms with Crippen molar-refractivity contribution in [3.8, 4) is 0 Å². The highest BCUT2D eigenvalue weighted by molar-refractivity contribution is 6.17. The fraction of sp³-hybridized carbons (Fsp3) is 0.381. The van der Waals surface area contributed by atoms with Crippen molar-refractivity contribution in [2.45, 2.75) is 45.6 Å². The molecule has 3 heteroatoms. The molecule has 1 fully saturated rings. The average Bonchev–Trinajstić information content (AvgIpc) is 3.21. The number of carbonyl (C=O) groups is 1. The molecule has 2 N–H and O–H groups in total. The summed E-state index contributed by atoms with van der Waals surface area (Å²) in [7, 11) is 0. The first-order chi connectivity index (χ1) is 11.7. The molecule has 2 aromatic carbocycles. The largest absolute Gasteiger partial charge is 0.366 e. The fourth-order valence-electron chi connectivity index (χ4n) is 4.26. The van der Waals surface area contributed by atoms with Crippen LogP contribution in [0.25, 0.3) is 21.8 Å². The number of nitrogens with two attached hydrogens (primary N) is 1. The number of aryl methyl sites for hydroxylation is 1. The molecule has 3 nitrogen and oxygen atoms in total. The normalized spacial score (nSPS) is 15.5. The van der Waals surface area contributed by atoms with Crippen LogP contribution in [-0.4, -0.2) is 10.5 Å². The summed E-state index contributed by atoms with van der Waals surface area (Å²) in [4.78, 5) is 11.9. The van der Waals surface area contributed by atoms with Gasteiger partial charge in [-0.05, 0) is 48.9 Å². The topological polar surface area (TPSA) is 48.0 Å². The van der Waals surface area contributed by atoms with E-state index in [2.05, 4.69) is 35.8 Å². The van der Waals surface area contributed by atoms with Crippen LogP contribution in [-0.2, 0) is 13.0 Å². The minimum atomic E-state index is -0.347. The van der Waals surface area contributed by atoms with Gasteiger partial charge in [-0.2, -0.15) is 0 Å². The van der Waals surface area contributed by atoms with E-state index in [0.717, 1.165) is 35.2 Å². The molecule has 0 spiro atoms. The summed E-state index contributed by atoms with van der Waals surface area (Å²) < 4.78 is 2.42. The average molecular weight is 320 g/mol. The molecule has 1 aliphatic rings. The minimum absolute atomic E-state index is 0.347. The number of amides is 1. The van der Waals surface area contributed by atoms with Gasteiger partial charge in [-0.15, -0.1) is 0 Å². The van der Waals surface area contributed by atoms with E-state index >= 15 is 0 Å². The van der Waals surface area contributed by atoms with E-state index in [1.807, 2.05) is 12.1 Å². The molecule has 1 amide bonds. The third-order valence-corrected chi connectivity index (χ3v) is 5.54. The molecule has 0 unspecified atom stereocenters. The predicted octanol–water partition coefficient (Wildman–Crippen LogP) is 4.65. The highest BCUT2D eigenvalue weighted by Crippen LogP contribution is 2.35. The standard InChI is InChI=1S/C21H24N2O/c1-2-14-10-11-16-19(12-14)23(13-15-6-3-4-7-15)18-9-5-8-17(20(16)18)21(22)24/h5,8-12,15H,2-4,6-7,13H2,1H3,(H2,22,24). The van der Waals surface area contributed by atoms with Gasteiger partial charge in [-0.1, -0.05) is 38.0 Å². The van der Waals surface area contributed by atoms with Crippen molar-refractivity contribution < 1.29 is 4.79 Å². The van der Waals surface area contributed by atoms with Crippen LogP contribution in [0, 0.1) is 5.92 Å². The van der Waals surface area contributed by atoms with Crippen molar-refractivity contribution in [1.82, 2.24) is 4.57 Å².